The first-order valence-corrected chi connectivity index (χ1v) is 13.0. The highest BCUT2D eigenvalue weighted by Gasteiger charge is 2.54. The van der Waals surface area contributed by atoms with E-state index in [0.717, 1.165) is 49.8 Å². The maximum atomic E-state index is 12.5. The van der Waals surface area contributed by atoms with Crippen LogP contribution in [0.2, 0.25) is 0 Å². The van der Waals surface area contributed by atoms with Crippen LogP contribution < -0.4 is 16.5 Å². The number of nitrogens with zero attached hydrogens (tertiary/aromatic N) is 5. The van der Waals surface area contributed by atoms with E-state index in [-0.39, 0.29) is 17.0 Å². The van der Waals surface area contributed by atoms with Crippen molar-refractivity contribution in [3.63, 3.8) is 0 Å². The zero-order chi connectivity index (χ0) is 25.5. The van der Waals surface area contributed by atoms with Crippen LogP contribution in [0, 0.1) is 5.41 Å². The number of anilines is 1. The number of nitrogens with one attached hydrogen (secondary N) is 3. The molecule has 0 atom stereocenters. The second kappa shape index (κ2) is 11.5. The zero-order valence-corrected chi connectivity index (χ0v) is 21.6. The summed E-state index contributed by atoms with van der Waals surface area (Å²) in [6, 6.07) is 2.44. The molecule has 194 valence electrons. The summed E-state index contributed by atoms with van der Waals surface area (Å²) in [4.78, 5) is 23.0. The minimum absolute atomic E-state index is 0.155. The van der Waals surface area contributed by atoms with E-state index in [1.165, 1.54) is 37.6 Å². The lowest BCUT2D eigenvalue weighted by molar-refractivity contribution is -0.144. The Bertz CT molecular complexity index is 1060. The molecule has 0 bridgehead atoms. The van der Waals surface area contributed by atoms with E-state index in [4.69, 9.17) is 10.8 Å². The molecule has 10 nitrogen and oxygen atoms in total. The van der Waals surface area contributed by atoms with E-state index >= 15 is 0 Å². The van der Waals surface area contributed by atoms with Crippen molar-refractivity contribution in [2.24, 2.45) is 26.3 Å². The van der Waals surface area contributed by atoms with Crippen LogP contribution in [0.15, 0.2) is 45.2 Å². The third-order valence-electron chi connectivity index (χ3n) is 7.27. The lowest BCUT2D eigenvalue weighted by atomic mass is 9.60. The molecule has 1 aromatic heterocycles. The molecule has 2 heterocycles. The Morgan fingerprint density at radius 1 is 1.33 bits per heavy atom. The molecule has 1 saturated heterocycles. The second-order valence-corrected chi connectivity index (χ2v) is 10.1. The topological polar surface area (TPSA) is 136 Å². The Kier molecular flexibility index (Phi) is 8.22. The monoisotopic (exact) mass is 493 g/mol. The molecule has 2 aliphatic carbocycles. The smallest absolute Gasteiger partial charge is 0.275 e. The number of rotatable bonds is 9. The van der Waals surface area contributed by atoms with Gasteiger partial charge in [-0.25, -0.2) is 4.99 Å². The molecular weight excluding hydrogens is 454 g/mol. The van der Waals surface area contributed by atoms with Crippen molar-refractivity contribution in [3.05, 3.63) is 35.8 Å². The molecule has 4 rings (SSSR count). The minimum Gasteiger partial charge on any atom is -0.367 e. The minimum atomic E-state index is -0.155. The molecule has 1 amide bonds. The number of H-pyrrole nitrogens is 1. The number of amides is 1. The van der Waals surface area contributed by atoms with Crippen molar-refractivity contribution < 1.29 is 4.79 Å². The second-order valence-electron chi connectivity index (χ2n) is 10.1. The van der Waals surface area contributed by atoms with Crippen LogP contribution in [0.5, 0.6) is 0 Å². The number of nitrogens with two attached hydrogens (primary N) is 1. The van der Waals surface area contributed by atoms with Gasteiger partial charge >= 0.3 is 0 Å². The van der Waals surface area contributed by atoms with Gasteiger partial charge in [0.15, 0.2) is 11.5 Å². The number of aromatic amines is 1. The van der Waals surface area contributed by atoms with Gasteiger partial charge in [-0.1, -0.05) is 25.8 Å². The van der Waals surface area contributed by atoms with E-state index in [1.807, 2.05) is 19.1 Å². The lowest BCUT2D eigenvalue weighted by Gasteiger charge is -2.59. The number of hydrogen-bond acceptors (Lipinski definition) is 7. The summed E-state index contributed by atoms with van der Waals surface area (Å²) >= 11 is 0. The van der Waals surface area contributed by atoms with Gasteiger partial charge in [0.25, 0.3) is 5.91 Å². The van der Waals surface area contributed by atoms with Crippen LogP contribution in [0.4, 0.5) is 5.82 Å². The van der Waals surface area contributed by atoms with E-state index in [2.05, 4.69) is 50.0 Å². The summed E-state index contributed by atoms with van der Waals surface area (Å²) < 4.78 is 0. The summed E-state index contributed by atoms with van der Waals surface area (Å²) in [6.07, 6.45) is 15.4. The molecule has 0 radical (unpaired) electrons. The van der Waals surface area contributed by atoms with Crippen molar-refractivity contribution in [3.8, 4) is 0 Å². The number of aliphatic imine (C=N–C) groups is 2. The Balaban J connectivity index is 1.33. The van der Waals surface area contributed by atoms with Crippen molar-refractivity contribution >= 4 is 29.5 Å². The molecule has 3 fully saturated rings. The first-order valence-electron chi connectivity index (χ1n) is 13.0. The Labute approximate surface area is 213 Å². The fourth-order valence-corrected chi connectivity index (χ4v) is 5.59. The van der Waals surface area contributed by atoms with E-state index in [1.54, 1.807) is 11.9 Å². The van der Waals surface area contributed by atoms with E-state index < -0.39 is 0 Å². The summed E-state index contributed by atoms with van der Waals surface area (Å²) in [7, 11) is 1.60. The van der Waals surface area contributed by atoms with E-state index in [0.29, 0.717) is 12.0 Å². The summed E-state index contributed by atoms with van der Waals surface area (Å²) in [5, 5.41) is 18.2. The maximum absolute atomic E-state index is 12.5. The van der Waals surface area contributed by atoms with Crippen LogP contribution in [-0.4, -0.2) is 64.9 Å². The first kappa shape index (κ1) is 25.7. The number of carbonyl (C=O) groups excluding carboxylic acids is 1. The number of hydrogen-bond donors (Lipinski definition) is 4. The number of likely N-dealkylation sites (tertiary alicyclic amines) is 1. The molecule has 36 heavy (non-hydrogen) atoms. The van der Waals surface area contributed by atoms with Gasteiger partial charge in [0.05, 0.1) is 6.21 Å². The SMILES string of the molecule is C\C=C/C(=N/C(=C/CC)NC1CC2(C1)CN(C(=O)C(C=NC)=NN)C2)Nc1cc(C2CCCC2)[nH]n1. The molecule has 5 N–H and O–H groups in total. The molecule has 1 spiro atoms. The normalized spacial score (nSPS) is 21.4. The predicted molar refractivity (Wildman–Crippen MR) is 145 cm³/mol. The van der Waals surface area contributed by atoms with Gasteiger partial charge in [-0.3, -0.25) is 14.9 Å². The Morgan fingerprint density at radius 2 is 2.08 bits per heavy atom. The highest BCUT2D eigenvalue weighted by atomic mass is 16.2. The van der Waals surface area contributed by atoms with Gasteiger partial charge < -0.3 is 21.4 Å². The van der Waals surface area contributed by atoms with Crippen LogP contribution in [-0.2, 0) is 4.79 Å². The fourth-order valence-electron chi connectivity index (χ4n) is 5.59. The summed E-state index contributed by atoms with van der Waals surface area (Å²) in [5.41, 5.74) is 1.57. The third kappa shape index (κ3) is 5.85. The van der Waals surface area contributed by atoms with Crippen LogP contribution in [0.1, 0.15) is 70.4 Å². The third-order valence-corrected chi connectivity index (χ3v) is 7.27. The van der Waals surface area contributed by atoms with Gasteiger partial charge in [0.1, 0.15) is 11.7 Å². The predicted octanol–water partition coefficient (Wildman–Crippen LogP) is 3.30. The molecule has 0 aromatic carbocycles. The van der Waals surface area contributed by atoms with Gasteiger partial charge in [0.2, 0.25) is 0 Å². The zero-order valence-electron chi connectivity index (χ0n) is 21.6. The quantitative estimate of drug-likeness (QED) is 0.181. The van der Waals surface area contributed by atoms with E-state index in [9.17, 15) is 4.79 Å². The summed E-state index contributed by atoms with van der Waals surface area (Å²) in [5.74, 6) is 8.17. The molecule has 0 unspecified atom stereocenters. The van der Waals surface area contributed by atoms with Gasteiger partial charge in [-0.15, -0.1) is 0 Å². The fraction of sp³-hybridized carbons (Fsp3) is 0.577. The van der Waals surface area contributed by atoms with Crippen LogP contribution in [0.3, 0.4) is 0 Å². The Hall–Kier alpha value is -3.43. The molecule has 10 heteroatoms. The van der Waals surface area contributed by atoms with Crippen molar-refractivity contribution in [2.45, 2.75) is 70.8 Å². The lowest BCUT2D eigenvalue weighted by Crippen LogP contribution is -2.67. The molecule has 3 aliphatic rings. The number of allylic oxidation sites excluding steroid dienone is 2. The van der Waals surface area contributed by atoms with Crippen molar-refractivity contribution in [1.82, 2.24) is 20.4 Å². The average molecular weight is 494 g/mol. The highest BCUT2D eigenvalue weighted by Crippen LogP contribution is 2.48. The largest absolute Gasteiger partial charge is 0.367 e. The standard InChI is InChI=1S/C26H39N9O/c1-4-8-22(29-19-13-26(14-19)16-35(17-26)25(36)21(32-27)15-28-3)30-23(9-5-2)31-24-12-20(33-34-24)18-10-6-7-11-18/h5,8-9,12,15,18-19,29H,4,6-7,10-11,13-14,16-17,27H2,1-3H3,(H2,30,31,33,34)/b9-5-,22-8+,28-15?,32-21?. The first-order chi connectivity index (χ1) is 17.5. The number of carbonyl (C=O) groups is 1. The number of aromatic nitrogens is 2. The molecule has 2 saturated carbocycles. The van der Waals surface area contributed by atoms with Gasteiger partial charge in [-0.2, -0.15) is 10.2 Å². The number of hydrazone groups is 1. The Morgan fingerprint density at radius 3 is 2.72 bits per heavy atom. The van der Waals surface area contributed by atoms with Crippen molar-refractivity contribution in [2.75, 3.05) is 25.5 Å². The van der Waals surface area contributed by atoms with Crippen LogP contribution >= 0.6 is 0 Å². The molecular formula is C26H39N9O. The maximum Gasteiger partial charge on any atom is 0.275 e. The molecule has 1 aliphatic heterocycles. The van der Waals surface area contributed by atoms with Gasteiger partial charge in [0, 0.05) is 49.3 Å². The van der Waals surface area contributed by atoms with Crippen LogP contribution in [0.25, 0.3) is 0 Å². The highest BCUT2D eigenvalue weighted by molar-refractivity contribution is 6.60. The average Bonchev–Trinajstić information content (AvgIpc) is 3.50. The summed E-state index contributed by atoms with van der Waals surface area (Å²) in [6.45, 7) is 5.54. The van der Waals surface area contributed by atoms with Gasteiger partial charge in [-0.05, 0) is 51.2 Å². The molecule has 1 aromatic rings. The number of amidine groups is 1. The van der Waals surface area contributed by atoms with Crippen molar-refractivity contribution in [1.29, 1.82) is 0 Å².